The fourth-order valence-corrected chi connectivity index (χ4v) is 1.01. The molecule has 0 spiro atoms. The molecule has 0 aromatic heterocycles. The molecule has 0 saturated carbocycles. The molecule has 0 fully saturated rings. The second kappa shape index (κ2) is 4.53. The van der Waals surface area contributed by atoms with Gasteiger partial charge in [0.15, 0.2) is 0 Å². The average Bonchev–Trinajstić information content (AvgIpc) is 2.16. The van der Waals surface area contributed by atoms with Crippen LogP contribution >= 0.6 is 0 Å². The second-order valence-electron chi connectivity index (χ2n) is 2.65. The predicted molar refractivity (Wildman–Crippen MR) is 49.0 cm³/mol. The highest BCUT2D eigenvalue weighted by Crippen LogP contribution is 2.14. The first-order valence-electron chi connectivity index (χ1n) is 3.94. The SMILES string of the molecule is O=C(O)/C=C/c1cccc(CO)c1F. The minimum atomic E-state index is -1.14. The van der Waals surface area contributed by atoms with Crippen molar-refractivity contribution in [2.45, 2.75) is 6.61 Å². The van der Waals surface area contributed by atoms with E-state index in [0.29, 0.717) is 0 Å². The summed E-state index contributed by atoms with van der Waals surface area (Å²) in [4.78, 5) is 10.2. The normalized spacial score (nSPS) is 10.7. The zero-order chi connectivity index (χ0) is 10.6. The molecule has 4 heteroatoms. The van der Waals surface area contributed by atoms with Crippen molar-refractivity contribution in [2.75, 3.05) is 0 Å². The van der Waals surface area contributed by atoms with Gasteiger partial charge in [0.1, 0.15) is 5.82 Å². The van der Waals surface area contributed by atoms with Crippen molar-refractivity contribution in [3.8, 4) is 0 Å². The number of aliphatic carboxylic acids is 1. The second-order valence-corrected chi connectivity index (χ2v) is 2.65. The van der Waals surface area contributed by atoms with Gasteiger partial charge in [-0.1, -0.05) is 18.2 Å². The Bertz CT molecular complexity index is 372. The van der Waals surface area contributed by atoms with E-state index in [4.69, 9.17) is 10.2 Å². The quantitative estimate of drug-likeness (QED) is 0.719. The number of carboxylic acids is 1. The Morgan fingerprint density at radius 3 is 2.79 bits per heavy atom. The van der Waals surface area contributed by atoms with E-state index in [1.54, 1.807) is 6.07 Å². The highest BCUT2D eigenvalue weighted by atomic mass is 19.1. The van der Waals surface area contributed by atoms with Gasteiger partial charge in [-0.2, -0.15) is 0 Å². The first-order valence-corrected chi connectivity index (χ1v) is 3.94. The summed E-state index contributed by atoms with van der Waals surface area (Å²) in [7, 11) is 0. The van der Waals surface area contributed by atoms with E-state index in [0.717, 1.165) is 12.2 Å². The molecular formula is C10H9FO3. The fourth-order valence-electron chi connectivity index (χ4n) is 1.01. The van der Waals surface area contributed by atoms with Crippen LogP contribution in [0, 0.1) is 5.82 Å². The Hall–Kier alpha value is -1.68. The fraction of sp³-hybridized carbons (Fsp3) is 0.100. The molecule has 0 aliphatic rings. The highest BCUT2D eigenvalue weighted by Gasteiger charge is 2.04. The zero-order valence-corrected chi connectivity index (χ0v) is 7.27. The molecule has 14 heavy (non-hydrogen) atoms. The summed E-state index contributed by atoms with van der Waals surface area (Å²) in [5.74, 6) is -1.73. The van der Waals surface area contributed by atoms with Crippen molar-refractivity contribution < 1.29 is 19.4 Å². The summed E-state index contributed by atoms with van der Waals surface area (Å²) in [5, 5.41) is 17.1. The third kappa shape index (κ3) is 2.40. The number of carbonyl (C=O) groups is 1. The number of benzene rings is 1. The molecule has 0 heterocycles. The molecule has 0 saturated heterocycles. The van der Waals surface area contributed by atoms with Crippen LogP contribution in [0.25, 0.3) is 6.08 Å². The van der Waals surface area contributed by atoms with Crippen LogP contribution in [0.2, 0.25) is 0 Å². The summed E-state index contributed by atoms with van der Waals surface area (Å²) in [6.07, 6.45) is 2.00. The van der Waals surface area contributed by atoms with Crippen LogP contribution < -0.4 is 0 Å². The van der Waals surface area contributed by atoms with Crippen LogP contribution in [0.1, 0.15) is 11.1 Å². The van der Waals surface area contributed by atoms with E-state index in [-0.39, 0.29) is 11.1 Å². The minimum Gasteiger partial charge on any atom is -0.478 e. The van der Waals surface area contributed by atoms with Crippen molar-refractivity contribution in [3.63, 3.8) is 0 Å². The van der Waals surface area contributed by atoms with Crippen LogP contribution in [0.5, 0.6) is 0 Å². The van der Waals surface area contributed by atoms with E-state index in [9.17, 15) is 9.18 Å². The number of hydrogen-bond donors (Lipinski definition) is 2. The van der Waals surface area contributed by atoms with Gasteiger partial charge in [-0.25, -0.2) is 9.18 Å². The summed E-state index contributed by atoms with van der Waals surface area (Å²) < 4.78 is 13.3. The van der Waals surface area contributed by atoms with Crippen LogP contribution in [-0.2, 0) is 11.4 Å². The Morgan fingerprint density at radius 1 is 1.50 bits per heavy atom. The van der Waals surface area contributed by atoms with Crippen LogP contribution in [0.15, 0.2) is 24.3 Å². The Kier molecular flexibility index (Phi) is 3.36. The van der Waals surface area contributed by atoms with E-state index in [2.05, 4.69) is 0 Å². The molecule has 0 aliphatic carbocycles. The summed E-state index contributed by atoms with van der Waals surface area (Å²) in [6, 6.07) is 4.43. The number of halogens is 1. The topological polar surface area (TPSA) is 57.5 Å². The molecular weight excluding hydrogens is 187 g/mol. The number of aliphatic hydroxyl groups excluding tert-OH is 1. The van der Waals surface area contributed by atoms with Gasteiger partial charge in [0, 0.05) is 17.2 Å². The predicted octanol–water partition coefficient (Wildman–Crippen LogP) is 1.42. The van der Waals surface area contributed by atoms with E-state index < -0.39 is 18.4 Å². The van der Waals surface area contributed by atoms with Crippen molar-refractivity contribution in [1.82, 2.24) is 0 Å². The van der Waals surface area contributed by atoms with Crippen molar-refractivity contribution in [2.24, 2.45) is 0 Å². The Balaban J connectivity index is 3.03. The lowest BCUT2D eigenvalue weighted by atomic mass is 10.1. The minimum absolute atomic E-state index is 0.150. The van der Waals surface area contributed by atoms with Crippen molar-refractivity contribution in [3.05, 3.63) is 41.2 Å². The van der Waals surface area contributed by atoms with Gasteiger partial charge in [-0.15, -0.1) is 0 Å². The molecule has 0 aliphatic heterocycles. The molecule has 0 bridgehead atoms. The average molecular weight is 196 g/mol. The lowest BCUT2D eigenvalue weighted by Crippen LogP contribution is -1.93. The molecule has 0 atom stereocenters. The number of aliphatic hydroxyl groups is 1. The van der Waals surface area contributed by atoms with Crippen LogP contribution in [0.3, 0.4) is 0 Å². The zero-order valence-electron chi connectivity index (χ0n) is 7.27. The molecule has 0 amide bonds. The smallest absolute Gasteiger partial charge is 0.328 e. The molecule has 0 unspecified atom stereocenters. The summed E-state index contributed by atoms with van der Waals surface area (Å²) in [5.41, 5.74) is 0.302. The standard InChI is InChI=1S/C10H9FO3/c11-10-7(4-5-9(13)14)2-1-3-8(10)6-12/h1-5,12H,6H2,(H,13,14)/b5-4+. The van der Waals surface area contributed by atoms with E-state index >= 15 is 0 Å². The van der Waals surface area contributed by atoms with Gasteiger partial charge in [-0.05, 0) is 6.08 Å². The Labute approximate surface area is 80.1 Å². The van der Waals surface area contributed by atoms with E-state index in [1.165, 1.54) is 12.1 Å². The largest absolute Gasteiger partial charge is 0.478 e. The molecule has 0 radical (unpaired) electrons. The van der Waals surface area contributed by atoms with Gasteiger partial charge in [0.25, 0.3) is 0 Å². The lowest BCUT2D eigenvalue weighted by Gasteiger charge is -2.01. The highest BCUT2D eigenvalue weighted by molar-refractivity contribution is 5.85. The van der Waals surface area contributed by atoms with Gasteiger partial charge in [0.2, 0.25) is 0 Å². The Morgan fingerprint density at radius 2 is 2.21 bits per heavy atom. The van der Waals surface area contributed by atoms with Crippen molar-refractivity contribution >= 4 is 12.0 Å². The third-order valence-corrected chi connectivity index (χ3v) is 1.68. The first kappa shape index (κ1) is 10.4. The molecule has 1 rings (SSSR count). The third-order valence-electron chi connectivity index (χ3n) is 1.68. The number of hydrogen-bond acceptors (Lipinski definition) is 2. The van der Waals surface area contributed by atoms with Gasteiger partial charge in [-0.3, -0.25) is 0 Å². The lowest BCUT2D eigenvalue weighted by molar-refractivity contribution is -0.131. The maximum atomic E-state index is 13.3. The molecule has 74 valence electrons. The number of carboxylic acid groups (broad SMARTS) is 1. The molecule has 1 aromatic rings. The first-order chi connectivity index (χ1) is 6.65. The summed E-state index contributed by atoms with van der Waals surface area (Å²) in [6.45, 7) is -0.402. The monoisotopic (exact) mass is 196 g/mol. The van der Waals surface area contributed by atoms with Gasteiger partial charge >= 0.3 is 5.97 Å². The molecule has 1 aromatic carbocycles. The maximum Gasteiger partial charge on any atom is 0.328 e. The van der Waals surface area contributed by atoms with Gasteiger partial charge < -0.3 is 10.2 Å². The van der Waals surface area contributed by atoms with E-state index in [1.807, 2.05) is 0 Å². The summed E-state index contributed by atoms with van der Waals surface area (Å²) >= 11 is 0. The van der Waals surface area contributed by atoms with Gasteiger partial charge in [0.05, 0.1) is 6.61 Å². The number of rotatable bonds is 3. The van der Waals surface area contributed by atoms with Crippen LogP contribution in [-0.4, -0.2) is 16.2 Å². The molecule has 3 nitrogen and oxygen atoms in total. The van der Waals surface area contributed by atoms with Crippen LogP contribution in [0.4, 0.5) is 4.39 Å². The molecule has 2 N–H and O–H groups in total. The van der Waals surface area contributed by atoms with Crippen molar-refractivity contribution in [1.29, 1.82) is 0 Å². The maximum absolute atomic E-state index is 13.3.